The average Bonchev–Trinajstić information content (AvgIpc) is 2.26. The van der Waals surface area contributed by atoms with Crippen molar-refractivity contribution >= 4 is 5.91 Å². The predicted octanol–water partition coefficient (Wildman–Crippen LogP) is 2.07. The number of carbonyl (C=O) groups is 1. The van der Waals surface area contributed by atoms with E-state index in [0.29, 0.717) is 0 Å². The maximum Gasteiger partial charge on any atom is 0.236 e. The van der Waals surface area contributed by atoms with Crippen molar-refractivity contribution in [2.75, 3.05) is 13.6 Å². The lowest BCUT2D eigenvalue weighted by molar-refractivity contribution is -0.122. The molecule has 0 bridgehead atoms. The van der Waals surface area contributed by atoms with Gasteiger partial charge in [0.05, 0.1) is 6.04 Å². The molecular weight excluding hydrogens is 188 g/mol. The zero-order valence-corrected chi connectivity index (χ0v) is 10.4. The molecule has 0 fully saturated rings. The number of carbonyl (C=O) groups excluding carboxylic acids is 1. The summed E-state index contributed by atoms with van der Waals surface area (Å²) in [5.74, 6) is 0.103. The molecule has 3 nitrogen and oxygen atoms in total. The largest absolute Gasteiger partial charge is 0.355 e. The highest BCUT2D eigenvalue weighted by atomic mass is 16.2. The van der Waals surface area contributed by atoms with E-state index in [9.17, 15) is 4.79 Å². The highest BCUT2D eigenvalue weighted by Gasteiger charge is 2.07. The summed E-state index contributed by atoms with van der Waals surface area (Å²) in [4.78, 5) is 11.3. The lowest BCUT2D eigenvalue weighted by atomic mass is 10.1. The molecule has 0 aliphatic rings. The molecule has 0 heterocycles. The third-order valence-corrected chi connectivity index (χ3v) is 2.66. The van der Waals surface area contributed by atoms with Crippen LogP contribution in [-0.2, 0) is 4.79 Å². The molecule has 0 spiro atoms. The van der Waals surface area contributed by atoms with Crippen LogP contribution in [0.25, 0.3) is 0 Å². The minimum absolute atomic E-state index is 0.0786. The maximum absolute atomic E-state index is 11.3. The molecule has 0 rings (SSSR count). The van der Waals surface area contributed by atoms with Crippen molar-refractivity contribution in [3.8, 4) is 0 Å². The van der Waals surface area contributed by atoms with Gasteiger partial charge in [0.25, 0.3) is 0 Å². The summed E-state index contributed by atoms with van der Waals surface area (Å²) in [5, 5.41) is 5.84. The highest BCUT2D eigenvalue weighted by molar-refractivity contribution is 5.81. The Balaban J connectivity index is 3.20. The van der Waals surface area contributed by atoms with Gasteiger partial charge >= 0.3 is 0 Å². The Morgan fingerprint density at radius 3 is 2.33 bits per heavy atom. The van der Waals surface area contributed by atoms with Crippen molar-refractivity contribution in [1.29, 1.82) is 0 Å². The molecule has 3 heteroatoms. The summed E-state index contributed by atoms with van der Waals surface area (Å²) in [6.07, 6.45) is 7.59. The van der Waals surface area contributed by atoms with Crippen LogP contribution in [0.15, 0.2) is 0 Å². The lowest BCUT2D eigenvalue weighted by Gasteiger charge is -2.10. The van der Waals surface area contributed by atoms with Crippen LogP contribution in [-0.4, -0.2) is 25.5 Å². The molecule has 90 valence electrons. The smallest absolute Gasteiger partial charge is 0.236 e. The second-order valence-electron chi connectivity index (χ2n) is 4.07. The van der Waals surface area contributed by atoms with Crippen molar-refractivity contribution in [1.82, 2.24) is 10.6 Å². The van der Waals surface area contributed by atoms with Crippen LogP contribution in [0, 0.1) is 0 Å². The molecule has 0 aliphatic carbocycles. The number of rotatable bonds is 9. The molecule has 0 radical (unpaired) electrons. The molecule has 1 atom stereocenters. The van der Waals surface area contributed by atoms with Gasteiger partial charge in [0.2, 0.25) is 5.91 Å². The fraction of sp³-hybridized carbons (Fsp3) is 0.917. The number of hydrogen-bond donors (Lipinski definition) is 2. The molecule has 15 heavy (non-hydrogen) atoms. The lowest BCUT2D eigenvalue weighted by Crippen LogP contribution is -2.40. The quantitative estimate of drug-likeness (QED) is 0.577. The number of likely N-dealkylation sites (N-methyl/N-ethyl adjacent to an activating group) is 1. The van der Waals surface area contributed by atoms with Crippen LogP contribution < -0.4 is 10.6 Å². The Labute approximate surface area is 94.0 Å². The van der Waals surface area contributed by atoms with Gasteiger partial charge in [0.1, 0.15) is 0 Å². The first-order valence-electron chi connectivity index (χ1n) is 6.17. The van der Waals surface area contributed by atoms with Crippen LogP contribution in [0.2, 0.25) is 0 Å². The van der Waals surface area contributed by atoms with Gasteiger partial charge in [-0.25, -0.2) is 0 Å². The van der Waals surface area contributed by atoms with Crippen molar-refractivity contribution in [3.63, 3.8) is 0 Å². The topological polar surface area (TPSA) is 41.1 Å². The van der Waals surface area contributed by atoms with Gasteiger partial charge in [0.15, 0.2) is 0 Å². The molecule has 1 unspecified atom stereocenters. The van der Waals surface area contributed by atoms with Gasteiger partial charge < -0.3 is 10.6 Å². The van der Waals surface area contributed by atoms with Gasteiger partial charge in [-0.2, -0.15) is 0 Å². The Morgan fingerprint density at radius 2 is 1.73 bits per heavy atom. The van der Waals surface area contributed by atoms with E-state index in [1.165, 1.54) is 32.1 Å². The highest BCUT2D eigenvalue weighted by Crippen LogP contribution is 2.03. The summed E-state index contributed by atoms with van der Waals surface area (Å²) in [6.45, 7) is 4.91. The summed E-state index contributed by atoms with van der Waals surface area (Å²) in [5.41, 5.74) is 0. The van der Waals surface area contributed by atoms with Crippen molar-refractivity contribution < 1.29 is 4.79 Å². The fourth-order valence-electron chi connectivity index (χ4n) is 1.40. The minimum Gasteiger partial charge on any atom is -0.355 e. The third-order valence-electron chi connectivity index (χ3n) is 2.66. The standard InChI is InChI=1S/C12H26N2O/c1-4-5-6-7-8-9-10-14-12(15)11(2)13-3/h11,13H,4-10H2,1-3H3,(H,14,15). The molecule has 0 saturated carbocycles. The predicted molar refractivity (Wildman–Crippen MR) is 64.9 cm³/mol. The van der Waals surface area contributed by atoms with E-state index in [2.05, 4.69) is 17.6 Å². The molecule has 1 amide bonds. The molecular formula is C12H26N2O. The maximum atomic E-state index is 11.3. The zero-order chi connectivity index (χ0) is 11.5. The van der Waals surface area contributed by atoms with E-state index in [1.54, 1.807) is 7.05 Å². The number of nitrogens with one attached hydrogen (secondary N) is 2. The molecule has 0 aromatic carbocycles. The van der Waals surface area contributed by atoms with Gasteiger partial charge in [-0.05, 0) is 20.4 Å². The normalized spacial score (nSPS) is 12.5. The molecule has 0 aliphatic heterocycles. The minimum atomic E-state index is -0.0786. The van der Waals surface area contributed by atoms with Crippen LogP contribution in [0.4, 0.5) is 0 Å². The summed E-state index contributed by atoms with van der Waals surface area (Å²) < 4.78 is 0. The van der Waals surface area contributed by atoms with Crippen molar-refractivity contribution in [2.24, 2.45) is 0 Å². The SMILES string of the molecule is CCCCCCCCNC(=O)C(C)NC. The van der Waals surface area contributed by atoms with E-state index in [0.717, 1.165) is 13.0 Å². The van der Waals surface area contributed by atoms with Gasteiger partial charge in [-0.1, -0.05) is 39.0 Å². The molecule has 2 N–H and O–H groups in total. The molecule has 0 aromatic heterocycles. The van der Waals surface area contributed by atoms with Crippen molar-refractivity contribution in [2.45, 2.75) is 58.4 Å². The summed E-state index contributed by atoms with van der Waals surface area (Å²) >= 11 is 0. The Hall–Kier alpha value is -0.570. The number of amides is 1. The van der Waals surface area contributed by atoms with E-state index < -0.39 is 0 Å². The van der Waals surface area contributed by atoms with Crippen LogP contribution >= 0.6 is 0 Å². The van der Waals surface area contributed by atoms with E-state index >= 15 is 0 Å². The van der Waals surface area contributed by atoms with Crippen molar-refractivity contribution in [3.05, 3.63) is 0 Å². The first-order chi connectivity index (χ1) is 7.22. The third kappa shape index (κ3) is 8.43. The Morgan fingerprint density at radius 1 is 1.13 bits per heavy atom. The Bertz CT molecular complexity index is 160. The molecule has 0 aromatic rings. The van der Waals surface area contributed by atoms with Gasteiger partial charge in [-0.3, -0.25) is 4.79 Å². The van der Waals surface area contributed by atoms with Crippen LogP contribution in [0.3, 0.4) is 0 Å². The van der Waals surface area contributed by atoms with Gasteiger partial charge in [0, 0.05) is 6.54 Å². The van der Waals surface area contributed by atoms with E-state index in [4.69, 9.17) is 0 Å². The van der Waals surface area contributed by atoms with E-state index in [1.807, 2.05) is 6.92 Å². The first kappa shape index (κ1) is 14.4. The Kier molecular flexibility index (Phi) is 9.59. The number of unbranched alkanes of at least 4 members (excludes halogenated alkanes) is 5. The first-order valence-corrected chi connectivity index (χ1v) is 6.17. The summed E-state index contributed by atoms with van der Waals surface area (Å²) in [6, 6.07) is -0.0786. The molecule has 0 saturated heterocycles. The fourth-order valence-corrected chi connectivity index (χ4v) is 1.40. The van der Waals surface area contributed by atoms with Crippen LogP contribution in [0.5, 0.6) is 0 Å². The average molecular weight is 214 g/mol. The summed E-state index contributed by atoms with van der Waals surface area (Å²) in [7, 11) is 1.80. The number of hydrogen-bond acceptors (Lipinski definition) is 2. The monoisotopic (exact) mass is 214 g/mol. The second-order valence-corrected chi connectivity index (χ2v) is 4.07. The van der Waals surface area contributed by atoms with Crippen LogP contribution in [0.1, 0.15) is 52.4 Å². The zero-order valence-electron chi connectivity index (χ0n) is 10.4. The van der Waals surface area contributed by atoms with Gasteiger partial charge in [-0.15, -0.1) is 0 Å². The van der Waals surface area contributed by atoms with E-state index in [-0.39, 0.29) is 11.9 Å². The second kappa shape index (κ2) is 9.97.